The van der Waals surface area contributed by atoms with Gasteiger partial charge >= 0.3 is 5.97 Å². The Hall–Kier alpha value is -5.35. The molecule has 0 saturated carbocycles. The SMILES string of the molecule is Nc1ncnc2c1ncn2Cc1cc(-c2cc(F)c(OCOC(=O)c3ccccc3)cc2F)ncc1N1CCC[C@](N)([C@H](O)C(F)F)C1. The van der Waals surface area contributed by atoms with Gasteiger partial charge in [-0.15, -0.1) is 0 Å². The number of hydrogen-bond acceptors (Lipinski definition) is 11. The number of pyridine rings is 1. The van der Waals surface area contributed by atoms with E-state index >= 15 is 8.78 Å². The minimum atomic E-state index is -3.04. The zero-order valence-corrected chi connectivity index (χ0v) is 25.3. The van der Waals surface area contributed by atoms with Crippen molar-refractivity contribution in [2.24, 2.45) is 5.73 Å². The number of alkyl halides is 2. The van der Waals surface area contributed by atoms with Gasteiger partial charge < -0.3 is 35.5 Å². The second-order valence-electron chi connectivity index (χ2n) is 11.4. The van der Waals surface area contributed by atoms with E-state index in [-0.39, 0.29) is 42.1 Å². The van der Waals surface area contributed by atoms with Crippen LogP contribution in [0.25, 0.3) is 22.4 Å². The summed E-state index contributed by atoms with van der Waals surface area (Å²) in [4.78, 5) is 30.8. The summed E-state index contributed by atoms with van der Waals surface area (Å²) in [5.41, 5.74) is 12.5. The van der Waals surface area contributed by atoms with Crippen LogP contribution in [0.1, 0.15) is 28.8 Å². The number of benzene rings is 2. The van der Waals surface area contributed by atoms with Crippen molar-refractivity contribution in [3.8, 4) is 17.0 Å². The highest BCUT2D eigenvalue weighted by atomic mass is 19.3. The highest BCUT2D eigenvalue weighted by Gasteiger charge is 2.43. The van der Waals surface area contributed by atoms with Crippen molar-refractivity contribution in [2.75, 3.05) is 30.5 Å². The van der Waals surface area contributed by atoms with Gasteiger partial charge in [-0.2, -0.15) is 0 Å². The summed E-state index contributed by atoms with van der Waals surface area (Å²) in [6.45, 7) is -0.281. The molecule has 0 aliphatic carbocycles. The van der Waals surface area contributed by atoms with E-state index < -0.39 is 48.2 Å². The van der Waals surface area contributed by atoms with Crippen molar-refractivity contribution in [3.63, 3.8) is 0 Å². The molecule has 0 unspecified atom stereocenters. The summed E-state index contributed by atoms with van der Waals surface area (Å²) >= 11 is 0. The molecule has 0 radical (unpaired) electrons. The quantitative estimate of drug-likeness (QED) is 0.112. The second-order valence-corrected chi connectivity index (χ2v) is 11.4. The molecular formula is C32H30F4N8O4. The number of anilines is 2. The summed E-state index contributed by atoms with van der Waals surface area (Å²) in [7, 11) is 0. The van der Waals surface area contributed by atoms with Crippen LogP contribution < -0.4 is 21.1 Å². The van der Waals surface area contributed by atoms with Gasteiger partial charge in [-0.1, -0.05) is 18.2 Å². The molecule has 1 fully saturated rings. The number of hydrogen-bond donors (Lipinski definition) is 3. The fraction of sp³-hybridized carbons (Fsp3) is 0.281. The van der Waals surface area contributed by atoms with Gasteiger partial charge in [-0.3, -0.25) is 4.98 Å². The van der Waals surface area contributed by atoms with E-state index in [9.17, 15) is 18.7 Å². The average molecular weight is 667 g/mol. The molecule has 5 aromatic rings. The number of nitrogen functional groups attached to an aromatic ring is 1. The lowest BCUT2D eigenvalue weighted by atomic mass is 9.84. The molecule has 48 heavy (non-hydrogen) atoms. The first-order chi connectivity index (χ1) is 23.0. The molecule has 5 N–H and O–H groups in total. The predicted octanol–water partition coefficient (Wildman–Crippen LogP) is 3.91. The Bertz CT molecular complexity index is 1950. The lowest BCUT2D eigenvalue weighted by Gasteiger charge is -2.44. The maximum atomic E-state index is 15.5. The number of carbonyl (C=O) groups is 1. The van der Waals surface area contributed by atoms with Crippen molar-refractivity contribution in [1.82, 2.24) is 24.5 Å². The van der Waals surface area contributed by atoms with E-state index in [0.29, 0.717) is 35.4 Å². The van der Waals surface area contributed by atoms with E-state index in [1.165, 1.54) is 37.1 Å². The van der Waals surface area contributed by atoms with Gasteiger partial charge in [0.1, 0.15) is 23.8 Å². The highest BCUT2D eigenvalue weighted by molar-refractivity contribution is 5.89. The maximum Gasteiger partial charge on any atom is 0.340 e. The number of halogens is 4. The summed E-state index contributed by atoms with van der Waals surface area (Å²) in [6.07, 6.45) is -0.355. The fourth-order valence-corrected chi connectivity index (χ4v) is 5.70. The lowest BCUT2D eigenvalue weighted by molar-refractivity contribution is -0.0529. The van der Waals surface area contributed by atoms with Crippen LogP contribution in [0.15, 0.2) is 67.4 Å². The normalized spacial score (nSPS) is 17.1. The molecule has 3 aromatic heterocycles. The van der Waals surface area contributed by atoms with Gasteiger partial charge in [0.25, 0.3) is 6.43 Å². The molecule has 6 rings (SSSR count). The zero-order valence-electron chi connectivity index (χ0n) is 25.3. The first-order valence-corrected chi connectivity index (χ1v) is 14.8. The van der Waals surface area contributed by atoms with Crippen molar-refractivity contribution in [3.05, 3.63) is 90.1 Å². The van der Waals surface area contributed by atoms with Crippen molar-refractivity contribution < 1.29 is 36.9 Å². The summed E-state index contributed by atoms with van der Waals surface area (Å²) in [5, 5.41) is 10.2. The smallest absolute Gasteiger partial charge is 0.340 e. The van der Waals surface area contributed by atoms with Crippen LogP contribution in [0.2, 0.25) is 0 Å². The average Bonchev–Trinajstić information content (AvgIpc) is 3.49. The van der Waals surface area contributed by atoms with Crippen LogP contribution in [0.4, 0.5) is 29.1 Å². The van der Waals surface area contributed by atoms with Gasteiger partial charge in [0, 0.05) is 24.7 Å². The Balaban J connectivity index is 1.31. The topological polar surface area (TPSA) is 168 Å². The van der Waals surface area contributed by atoms with Gasteiger partial charge in [-0.25, -0.2) is 37.3 Å². The van der Waals surface area contributed by atoms with E-state index in [0.717, 1.165) is 12.1 Å². The van der Waals surface area contributed by atoms with Crippen LogP contribution >= 0.6 is 0 Å². The highest BCUT2D eigenvalue weighted by Crippen LogP contribution is 2.35. The standard InChI is InChI=1S/C32H30F4N8O4/c33-21-11-25(47-17-48-31(46)18-5-2-1-3-6-18)22(34)10-20(21)23-9-19(13-44-16-42-26-29(37)40-15-41-30(26)44)24(12-39-23)43-8-4-7-32(38,14-43)27(45)28(35)36/h1-3,5-6,9-12,15-16,27-28,45H,4,7-8,13-14,17,38H2,(H2,37,40,41)/t27-,32-/m1/s1. The Kier molecular flexibility index (Phi) is 9.10. The number of nitrogens with zero attached hydrogens (tertiary/aromatic N) is 6. The molecule has 2 atom stereocenters. The molecule has 1 aliphatic rings. The second kappa shape index (κ2) is 13.4. The Morgan fingerprint density at radius 1 is 1.06 bits per heavy atom. The van der Waals surface area contributed by atoms with Gasteiger partial charge in [0.15, 0.2) is 23.0 Å². The number of carbonyl (C=O) groups excluding carboxylic acids is 1. The number of aliphatic hydroxyl groups excluding tert-OH is 1. The van der Waals surface area contributed by atoms with E-state index in [4.69, 9.17) is 20.9 Å². The molecule has 0 bridgehead atoms. The number of rotatable bonds is 10. The molecule has 12 nitrogen and oxygen atoms in total. The van der Waals surface area contributed by atoms with Crippen molar-refractivity contribution >= 4 is 28.6 Å². The van der Waals surface area contributed by atoms with Crippen LogP contribution in [-0.4, -0.2) is 73.5 Å². The Morgan fingerprint density at radius 2 is 1.85 bits per heavy atom. The fourth-order valence-electron chi connectivity index (χ4n) is 5.70. The van der Waals surface area contributed by atoms with E-state index in [2.05, 4.69) is 19.9 Å². The molecule has 0 spiro atoms. The van der Waals surface area contributed by atoms with E-state index in [1.807, 2.05) is 0 Å². The minimum Gasteiger partial charge on any atom is -0.454 e. The van der Waals surface area contributed by atoms with Gasteiger partial charge in [0.05, 0.1) is 41.6 Å². The molecule has 4 heterocycles. The molecular weight excluding hydrogens is 636 g/mol. The number of aliphatic hydroxyl groups is 1. The van der Waals surface area contributed by atoms with Gasteiger partial charge in [-0.05, 0) is 42.7 Å². The molecule has 0 amide bonds. The molecule has 2 aromatic carbocycles. The maximum absolute atomic E-state index is 15.5. The number of imidazole rings is 1. The largest absolute Gasteiger partial charge is 0.454 e. The van der Waals surface area contributed by atoms with Crippen LogP contribution in [0.5, 0.6) is 5.75 Å². The Morgan fingerprint density at radius 3 is 2.62 bits per heavy atom. The Labute approximate surface area is 271 Å². The lowest BCUT2D eigenvalue weighted by Crippen LogP contribution is -2.63. The molecule has 1 saturated heterocycles. The van der Waals surface area contributed by atoms with Crippen LogP contribution in [0.3, 0.4) is 0 Å². The third-order valence-corrected chi connectivity index (χ3v) is 8.17. The number of nitrogens with two attached hydrogens (primary N) is 2. The number of aromatic nitrogens is 5. The van der Waals surface area contributed by atoms with Crippen molar-refractivity contribution in [2.45, 2.75) is 37.5 Å². The van der Waals surface area contributed by atoms with Crippen LogP contribution in [-0.2, 0) is 11.3 Å². The first-order valence-electron chi connectivity index (χ1n) is 14.8. The summed E-state index contributed by atoms with van der Waals surface area (Å²) in [6, 6.07) is 11.3. The first kappa shape index (κ1) is 32.6. The van der Waals surface area contributed by atoms with Crippen LogP contribution in [0, 0.1) is 11.6 Å². The number of ether oxygens (including phenoxy) is 2. The third kappa shape index (κ3) is 6.57. The monoisotopic (exact) mass is 666 g/mol. The van der Waals surface area contributed by atoms with Crippen molar-refractivity contribution in [1.29, 1.82) is 0 Å². The number of esters is 1. The molecule has 1 aliphatic heterocycles. The molecule has 250 valence electrons. The zero-order chi connectivity index (χ0) is 34.0. The molecule has 16 heteroatoms. The van der Waals surface area contributed by atoms with E-state index in [1.54, 1.807) is 27.7 Å². The number of fused-ring (bicyclic) bond motifs is 1. The summed E-state index contributed by atoms with van der Waals surface area (Å²) < 4.78 is 69.6. The minimum absolute atomic E-state index is 0.0504. The third-order valence-electron chi connectivity index (χ3n) is 8.17. The predicted molar refractivity (Wildman–Crippen MR) is 166 cm³/mol. The number of piperidine rings is 1. The van der Waals surface area contributed by atoms with Gasteiger partial charge in [0.2, 0.25) is 6.79 Å². The summed E-state index contributed by atoms with van der Waals surface area (Å²) in [5.74, 6) is -2.84.